The first-order chi connectivity index (χ1) is 10.5. The number of para-hydroxylation sites is 1. The van der Waals surface area contributed by atoms with Gasteiger partial charge < -0.3 is 9.64 Å². The van der Waals surface area contributed by atoms with Crippen LogP contribution >= 0.6 is 0 Å². The molecular weight excluding hydrogens is 298 g/mol. The number of amides is 1. The summed E-state index contributed by atoms with van der Waals surface area (Å²) in [5, 5.41) is 0. The number of hydrogen-bond acceptors (Lipinski definition) is 3. The lowest BCUT2D eigenvalue weighted by atomic mass is 10.2. The van der Waals surface area contributed by atoms with Gasteiger partial charge in [-0.25, -0.2) is 0 Å². The average Bonchev–Trinajstić information content (AvgIpc) is 2.50. The first kappa shape index (κ1) is 16.2. The zero-order valence-electron chi connectivity index (χ0n) is 12.7. The van der Waals surface area contributed by atoms with Crippen LogP contribution in [0.3, 0.4) is 0 Å². The Balaban J connectivity index is 1.92. The van der Waals surface area contributed by atoms with Crippen molar-refractivity contribution >= 4 is 16.7 Å². The van der Waals surface area contributed by atoms with Crippen LogP contribution in [0.5, 0.6) is 11.5 Å². The van der Waals surface area contributed by atoms with Crippen molar-refractivity contribution in [2.45, 2.75) is 5.75 Å². The van der Waals surface area contributed by atoms with Gasteiger partial charge in [0, 0.05) is 30.6 Å². The van der Waals surface area contributed by atoms with Gasteiger partial charge in [-0.15, -0.1) is 0 Å². The number of carbonyl (C=O) groups is 1. The van der Waals surface area contributed by atoms with Crippen molar-refractivity contribution in [2.24, 2.45) is 0 Å². The molecular formula is C17H19NO3S. The number of benzene rings is 2. The number of hydrogen-bond donors (Lipinski definition) is 0. The van der Waals surface area contributed by atoms with Crippen LogP contribution in [0.1, 0.15) is 5.56 Å². The summed E-state index contributed by atoms with van der Waals surface area (Å²) < 4.78 is 17.6. The van der Waals surface area contributed by atoms with Gasteiger partial charge in [-0.3, -0.25) is 9.00 Å². The van der Waals surface area contributed by atoms with Gasteiger partial charge >= 0.3 is 0 Å². The molecule has 2 aromatic carbocycles. The predicted molar refractivity (Wildman–Crippen MR) is 88.4 cm³/mol. The summed E-state index contributed by atoms with van der Waals surface area (Å²) in [6, 6.07) is 16.9. The highest BCUT2D eigenvalue weighted by Gasteiger charge is 2.10. The number of rotatable bonds is 6. The summed E-state index contributed by atoms with van der Waals surface area (Å²) in [7, 11) is 2.13. The van der Waals surface area contributed by atoms with Crippen molar-refractivity contribution in [1.82, 2.24) is 4.90 Å². The van der Waals surface area contributed by atoms with Gasteiger partial charge in [0.05, 0.1) is 0 Å². The second-order valence-corrected chi connectivity index (χ2v) is 6.53. The molecule has 116 valence electrons. The second-order valence-electron chi connectivity index (χ2n) is 5.08. The molecule has 0 N–H and O–H groups in total. The Morgan fingerprint density at radius 2 is 1.59 bits per heavy atom. The highest BCUT2D eigenvalue weighted by molar-refractivity contribution is 7.84. The number of ether oxygens (including phenoxy) is 1. The van der Waals surface area contributed by atoms with Crippen molar-refractivity contribution in [3.8, 4) is 11.5 Å². The van der Waals surface area contributed by atoms with E-state index in [1.54, 1.807) is 14.1 Å². The number of carbonyl (C=O) groups excluding carboxylic acids is 1. The molecule has 0 saturated carbocycles. The van der Waals surface area contributed by atoms with Gasteiger partial charge in [0.1, 0.15) is 17.3 Å². The van der Waals surface area contributed by atoms with Crippen LogP contribution < -0.4 is 4.74 Å². The molecule has 5 heteroatoms. The van der Waals surface area contributed by atoms with E-state index in [0.717, 1.165) is 17.1 Å². The molecule has 4 nitrogen and oxygen atoms in total. The lowest BCUT2D eigenvalue weighted by molar-refractivity contribution is -0.125. The Kier molecular flexibility index (Phi) is 5.72. The molecule has 0 bridgehead atoms. The van der Waals surface area contributed by atoms with Crippen molar-refractivity contribution in [2.75, 3.05) is 19.8 Å². The third-order valence-electron chi connectivity index (χ3n) is 3.01. The first-order valence-corrected chi connectivity index (χ1v) is 8.40. The van der Waals surface area contributed by atoms with Crippen LogP contribution in [0.15, 0.2) is 54.6 Å². The maximum atomic E-state index is 11.9. The van der Waals surface area contributed by atoms with Gasteiger partial charge in [0.25, 0.3) is 0 Å². The summed E-state index contributed by atoms with van der Waals surface area (Å²) in [4.78, 5) is 13.0. The highest BCUT2D eigenvalue weighted by atomic mass is 32.2. The van der Waals surface area contributed by atoms with Crippen molar-refractivity contribution < 1.29 is 13.7 Å². The van der Waals surface area contributed by atoms with E-state index >= 15 is 0 Å². The molecule has 0 fully saturated rings. The van der Waals surface area contributed by atoms with Gasteiger partial charge in [0.2, 0.25) is 5.91 Å². The van der Waals surface area contributed by atoms with E-state index in [2.05, 4.69) is 0 Å². The maximum Gasteiger partial charge on any atom is 0.234 e. The van der Waals surface area contributed by atoms with Crippen LogP contribution in [0, 0.1) is 0 Å². The van der Waals surface area contributed by atoms with Crippen molar-refractivity contribution in [1.29, 1.82) is 0 Å². The molecule has 0 aliphatic carbocycles. The molecule has 0 spiro atoms. The van der Waals surface area contributed by atoms with E-state index in [1.807, 2.05) is 54.6 Å². The summed E-state index contributed by atoms with van der Waals surface area (Å²) in [6.45, 7) is 0. The number of nitrogens with zero attached hydrogens (tertiary/aromatic N) is 1. The monoisotopic (exact) mass is 317 g/mol. The minimum Gasteiger partial charge on any atom is -0.457 e. The van der Waals surface area contributed by atoms with E-state index < -0.39 is 10.8 Å². The zero-order chi connectivity index (χ0) is 15.9. The van der Waals surface area contributed by atoms with E-state index in [0.29, 0.717) is 5.75 Å². The molecule has 0 aromatic heterocycles. The molecule has 2 aromatic rings. The summed E-state index contributed by atoms with van der Waals surface area (Å²) >= 11 is 0. The minimum atomic E-state index is -1.20. The summed E-state index contributed by atoms with van der Waals surface area (Å²) in [5.41, 5.74) is 0.922. The lowest BCUT2D eigenvalue weighted by Gasteiger charge is -2.10. The normalized spacial score (nSPS) is 11.7. The Morgan fingerprint density at radius 1 is 1.00 bits per heavy atom. The Labute approximate surface area is 133 Å². The SMILES string of the molecule is CN(C)C(=O)C[S@@](=O)Cc1ccc(Oc2ccccc2)cc1. The third kappa shape index (κ3) is 5.00. The van der Waals surface area contributed by atoms with E-state index in [4.69, 9.17) is 4.74 Å². The fourth-order valence-electron chi connectivity index (χ4n) is 1.78. The molecule has 0 aliphatic rings. The second kappa shape index (κ2) is 7.75. The fourth-order valence-corrected chi connectivity index (χ4v) is 2.98. The van der Waals surface area contributed by atoms with Crippen LogP contribution in [-0.4, -0.2) is 34.9 Å². The summed E-state index contributed by atoms with van der Waals surface area (Å²) in [6.07, 6.45) is 0. The topological polar surface area (TPSA) is 46.6 Å². The van der Waals surface area contributed by atoms with Gasteiger partial charge in [0.15, 0.2) is 0 Å². The molecule has 1 amide bonds. The van der Waals surface area contributed by atoms with E-state index in [1.165, 1.54) is 4.90 Å². The molecule has 0 radical (unpaired) electrons. The first-order valence-electron chi connectivity index (χ1n) is 6.91. The Morgan fingerprint density at radius 3 is 2.18 bits per heavy atom. The quantitative estimate of drug-likeness (QED) is 0.823. The van der Waals surface area contributed by atoms with Crippen LogP contribution in [-0.2, 0) is 21.3 Å². The van der Waals surface area contributed by atoms with Gasteiger partial charge in [-0.2, -0.15) is 0 Å². The average molecular weight is 317 g/mol. The standard InChI is InChI=1S/C17H19NO3S/c1-18(2)17(19)13-22(20)12-14-8-10-16(11-9-14)21-15-6-4-3-5-7-15/h3-11H,12-13H2,1-2H3/t22-/m0/s1. The molecule has 0 heterocycles. The minimum absolute atomic E-state index is 0.0509. The molecule has 1 atom stereocenters. The summed E-state index contributed by atoms with van der Waals surface area (Å²) in [5.74, 6) is 1.79. The van der Waals surface area contributed by atoms with Crippen molar-refractivity contribution in [3.05, 3.63) is 60.2 Å². The molecule has 2 rings (SSSR count). The molecule has 0 saturated heterocycles. The Bertz CT molecular complexity index is 639. The Hall–Kier alpha value is -2.14. The smallest absolute Gasteiger partial charge is 0.234 e. The third-order valence-corrected chi connectivity index (χ3v) is 4.24. The predicted octanol–water partition coefficient (Wildman–Crippen LogP) is 2.82. The van der Waals surface area contributed by atoms with E-state index in [-0.39, 0.29) is 11.7 Å². The lowest BCUT2D eigenvalue weighted by Crippen LogP contribution is -2.27. The van der Waals surface area contributed by atoms with Crippen LogP contribution in [0.2, 0.25) is 0 Å². The molecule has 22 heavy (non-hydrogen) atoms. The van der Waals surface area contributed by atoms with Gasteiger partial charge in [-0.05, 0) is 29.8 Å². The van der Waals surface area contributed by atoms with Gasteiger partial charge in [-0.1, -0.05) is 30.3 Å². The largest absolute Gasteiger partial charge is 0.457 e. The highest BCUT2D eigenvalue weighted by Crippen LogP contribution is 2.21. The van der Waals surface area contributed by atoms with Crippen molar-refractivity contribution in [3.63, 3.8) is 0 Å². The van der Waals surface area contributed by atoms with E-state index in [9.17, 15) is 9.00 Å². The maximum absolute atomic E-state index is 11.9. The zero-order valence-corrected chi connectivity index (χ0v) is 13.5. The molecule has 0 aliphatic heterocycles. The fraction of sp³-hybridized carbons (Fsp3) is 0.235. The van der Waals surface area contributed by atoms with Crippen LogP contribution in [0.25, 0.3) is 0 Å². The molecule has 0 unspecified atom stereocenters. The van der Waals surface area contributed by atoms with Crippen LogP contribution in [0.4, 0.5) is 0 Å².